The summed E-state index contributed by atoms with van der Waals surface area (Å²) in [7, 11) is 1.58. The zero-order chi connectivity index (χ0) is 20.4. The Kier molecular flexibility index (Phi) is 5.18. The minimum atomic E-state index is -0.324. The first-order valence-electron chi connectivity index (χ1n) is 9.10. The van der Waals surface area contributed by atoms with Crippen molar-refractivity contribution in [2.75, 3.05) is 13.7 Å². The van der Waals surface area contributed by atoms with E-state index in [0.29, 0.717) is 34.5 Å². The van der Waals surface area contributed by atoms with Crippen LogP contribution >= 0.6 is 11.3 Å². The van der Waals surface area contributed by atoms with Gasteiger partial charge < -0.3 is 14.8 Å². The van der Waals surface area contributed by atoms with Crippen LogP contribution in [-0.4, -0.2) is 29.0 Å². The predicted molar refractivity (Wildman–Crippen MR) is 112 cm³/mol. The van der Waals surface area contributed by atoms with Crippen LogP contribution in [0.4, 0.5) is 0 Å². The number of nitrogens with zero attached hydrogens (tertiary/aromatic N) is 2. The van der Waals surface area contributed by atoms with Crippen molar-refractivity contribution < 1.29 is 14.3 Å². The van der Waals surface area contributed by atoms with E-state index in [1.54, 1.807) is 13.2 Å². The number of aromatic nitrogens is 2. The number of amides is 1. The van der Waals surface area contributed by atoms with Gasteiger partial charge in [0.1, 0.15) is 4.88 Å². The third kappa shape index (κ3) is 3.66. The fourth-order valence-electron chi connectivity index (χ4n) is 3.07. The quantitative estimate of drug-likeness (QED) is 0.529. The first kappa shape index (κ1) is 18.9. The molecule has 0 aliphatic carbocycles. The van der Waals surface area contributed by atoms with Gasteiger partial charge in [-0.25, -0.2) is 4.98 Å². The average molecular weight is 409 g/mol. The number of nitrogens with one attached hydrogen (secondary N) is 1. The predicted octanol–water partition coefficient (Wildman–Crippen LogP) is 3.25. The molecular formula is C21H19N3O4S. The van der Waals surface area contributed by atoms with Gasteiger partial charge in [-0.2, -0.15) is 0 Å². The molecule has 0 saturated heterocycles. The number of carbonyl (C=O) groups excluding carboxylic acids is 1. The minimum Gasteiger partial charge on any atom is -0.493 e. The first-order valence-corrected chi connectivity index (χ1v) is 9.91. The number of carbonyl (C=O) groups is 1. The van der Waals surface area contributed by atoms with Crippen molar-refractivity contribution >= 4 is 33.2 Å². The Bertz CT molecular complexity index is 1260. The van der Waals surface area contributed by atoms with Crippen molar-refractivity contribution in [2.24, 2.45) is 0 Å². The topological polar surface area (TPSA) is 81.9 Å². The van der Waals surface area contributed by atoms with Crippen LogP contribution < -0.4 is 20.3 Å². The molecule has 7 nitrogen and oxygen atoms in total. The summed E-state index contributed by atoms with van der Waals surface area (Å²) >= 11 is 1.18. The number of benzene rings is 2. The SMILES string of the molecule is CCOc1cc(CNC(=O)c2cc(=O)n3c(nc4ccccc43)s2)ccc1OC. The summed E-state index contributed by atoms with van der Waals surface area (Å²) in [5.41, 5.74) is 2.04. The van der Waals surface area contributed by atoms with Crippen LogP contribution in [0.1, 0.15) is 22.2 Å². The van der Waals surface area contributed by atoms with Crippen molar-refractivity contribution in [3.63, 3.8) is 0 Å². The van der Waals surface area contributed by atoms with Gasteiger partial charge in [-0.3, -0.25) is 14.0 Å². The lowest BCUT2D eigenvalue weighted by Crippen LogP contribution is -2.24. The van der Waals surface area contributed by atoms with E-state index in [1.165, 1.54) is 21.8 Å². The lowest BCUT2D eigenvalue weighted by Gasteiger charge is -2.11. The standard InChI is InChI=1S/C21H19N3O4S/c1-3-28-17-10-13(8-9-16(17)27-2)12-22-20(26)18-11-19(25)24-15-7-5-4-6-14(15)23-21(24)29-18/h4-11H,3,12H2,1-2H3,(H,22,26). The summed E-state index contributed by atoms with van der Waals surface area (Å²) in [6, 6.07) is 14.2. The van der Waals surface area contributed by atoms with E-state index in [1.807, 2.05) is 43.3 Å². The summed E-state index contributed by atoms with van der Waals surface area (Å²) < 4.78 is 12.4. The molecular weight excluding hydrogens is 390 g/mol. The maximum absolute atomic E-state index is 12.6. The third-order valence-electron chi connectivity index (χ3n) is 4.41. The van der Waals surface area contributed by atoms with Crippen molar-refractivity contribution in [2.45, 2.75) is 13.5 Å². The molecule has 148 valence electrons. The Labute approximate surface area is 170 Å². The molecule has 0 unspecified atom stereocenters. The second kappa shape index (κ2) is 7.92. The highest BCUT2D eigenvalue weighted by Crippen LogP contribution is 2.28. The zero-order valence-electron chi connectivity index (χ0n) is 16.0. The van der Waals surface area contributed by atoms with E-state index in [9.17, 15) is 9.59 Å². The molecule has 1 N–H and O–H groups in total. The summed E-state index contributed by atoms with van der Waals surface area (Å²) in [5, 5.41) is 2.85. The lowest BCUT2D eigenvalue weighted by atomic mass is 10.2. The van der Waals surface area contributed by atoms with Crippen LogP contribution in [0.3, 0.4) is 0 Å². The van der Waals surface area contributed by atoms with Crippen LogP contribution in [0.2, 0.25) is 0 Å². The summed E-state index contributed by atoms with van der Waals surface area (Å²) in [5.74, 6) is 0.935. The van der Waals surface area contributed by atoms with Gasteiger partial charge in [0.15, 0.2) is 16.5 Å². The van der Waals surface area contributed by atoms with Gasteiger partial charge in [0, 0.05) is 12.6 Å². The number of hydrogen-bond acceptors (Lipinski definition) is 6. The van der Waals surface area contributed by atoms with Gasteiger partial charge in [0.2, 0.25) is 0 Å². The van der Waals surface area contributed by atoms with Crippen molar-refractivity contribution in [3.05, 3.63) is 69.3 Å². The molecule has 8 heteroatoms. The van der Waals surface area contributed by atoms with Crippen LogP contribution in [0.25, 0.3) is 16.0 Å². The number of methoxy groups -OCH3 is 1. The molecule has 2 aromatic carbocycles. The normalized spacial score (nSPS) is 11.0. The molecule has 0 radical (unpaired) electrons. The van der Waals surface area contributed by atoms with Crippen LogP contribution in [0, 0.1) is 0 Å². The van der Waals surface area contributed by atoms with Gasteiger partial charge in [-0.15, -0.1) is 0 Å². The van der Waals surface area contributed by atoms with Crippen molar-refractivity contribution in [1.82, 2.24) is 14.7 Å². The number of fused-ring (bicyclic) bond motifs is 3. The Hall–Kier alpha value is -3.39. The molecule has 0 saturated carbocycles. The molecule has 29 heavy (non-hydrogen) atoms. The fraction of sp³-hybridized carbons (Fsp3) is 0.190. The highest BCUT2D eigenvalue weighted by Gasteiger charge is 2.14. The van der Waals surface area contributed by atoms with Gasteiger partial charge >= 0.3 is 0 Å². The van der Waals surface area contributed by atoms with E-state index in [-0.39, 0.29) is 11.5 Å². The van der Waals surface area contributed by atoms with Crippen LogP contribution in [0.5, 0.6) is 11.5 Å². The highest BCUT2D eigenvalue weighted by atomic mass is 32.1. The smallest absolute Gasteiger partial charge is 0.261 e. The van der Waals surface area contributed by atoms with Crippen molar-refractivity contribution in [3.8, 4) is 11.5 Å². The van der Waals surface area contributed by atoms with Crippen LogP contribution in [-0.2, 0) is 6.54 Å². The first-order chi connectivity index (χ1) is 14.1. The molecule has 2 heterocycles. The molecule has 0 fully saturated rings. The molecule has 0 atom stereocenters. The molecule has 0 aliphatic rings. The number of hydrogen-bond donors (Lipinski definition) is 1. The average Bonchev–Trinajstić information content (AvgIpc) is 3.11. The van der Waals surface area contributed by atoms with Crippen LogP contribution in [0.15, 0.2) is 53.3 Å². The van der Waals surface area contributed by atoms with Gasteiger partial charge in [-0.1, -0.05) is 29.5 Å². The molecule has 0 aliphatic heterocycles. The summed E-state index contributed by atoms with van der Waals surface area (Å²) in [6.45, 7) is 2.70. The second-order valence-electron chi connectivity index (χ2n) is 6.27. The second-order valence-corrected chi connectivity index (χ2v) is 7.28. The Balaban J connectivity index is 1.57. The van der Waals surface area contributed by atoms with Crippen molar-refractivity contribution in [1.29, 1.82) is 0 Å². The fourth-order valence-corrected chi connectivity index (χ4v) is 4.02. The molecule has 2 aromatic heterocycles. The number of imidazole rings is 1. The molecule has 4 aromatic rings. The number of rotatable bonds is 6. The van der Waals surface area contributed by atoms with Gasteiger partial charge in [-0.05, 0) is 36.8 Å². The number of ether oxygens (including phenoxy) is 2. The molecule has 0 spiro atoms. The van der Waals surface area contributed by atoms with E-state index < -0.39 is 0 Å². The van der Waals surface area contributed by atoms with E-state index >= 15 is 0 Å². The summed E-state index contributed by atoms with van der Waals surface area (Å²) in [4.78, 5) is 30.5. The Morgan fingerprint density at radius 3 is 2.79 bits per heavy atom. The lowest BCUT2D eigenvalue weighted by molar-refractivity contribution is 0.0954. The van der Waals surface area contributed by atoms with Gasteiger partial charge in [0.05, 0.1) is 24.8 Å². The minimum absolute atomic E-state index is 0.277. The molecule has 0 bridgehead atoms. The zero-order valence-corrected chi connectivity index (χ0v) is 16.8. The van der Waals surface area contributed by atoms with E-state index in [0.717, 1.165) is 16.6 Å². The molecule has 1 amide bonds. The maximum atomic E-state index is 12.6. The third-order valence-corrected chi connectivity index (χ3v) is 5.39. The largest absolute Gasteiger partial charge is 0.493 e. The Morgan fingerprint density at radius 1 is 1.17 bits per heavy atom. The van der Waals surface area contributed by atoms with Gasteiger partial charge in [0.25, 0.3) is 11.5 Å². The highest BCUT2D eigenvalue weighted by molar-refractivity contribution is 7.18. The van der Waals surface area contributed by atoms with E-state index in [4.69, 9.17) is 9.47 Å². The Morgan fingerprint density at radius 2 is 2.00 bits per heavy atom. The number of para-hydroxylation sites is 2. The summed E-state index contributed by atoms with van der Waals surface area (Å²) in [6.07, 6.45) is 0. The monoisotopic (exact) mass is 409 g/mol. The molecule has 4 rings (SSSR count). The van der Waals surface area contributed by atoms with E-state index in [2.05, 4.69) is 10.3 Å². The maximum Gasteiger partial charge on any atom is 0.261 e.